The summed E-state index contributed by atoms with van der Waals surface area (Å²) in [7, 11) is 0. The molecule has 0 spiro atoms. The van der Waals surface area contributed by atoms with Crippen LogP contribution < -0.4 is 15.5 Å². The van der Waals surface area contributed by atoms with Crippen molar-refractivity contribution in [1.82, 2.24) is 19.6 Å². The fraction of sp³-hybridized carbons (Fsp3) is 0.265. The molecule has 5 aromatic rings. The summed E-state index contributed by atoms with van der Waals surface area (Å²) in [4.78, 5) is 37.2. The highest BCUT2D eigenvalue weighted by Crippen LogP contribution is 2.29. The van der Waals surface area contributed by atoms with Gasteiger partial charge in [0, 0.05) is 41.8 Å². The van der Waals surface area contributed by atoms with E-state index in [0.29, 0.717) is 34.2 Å². The van der Waals surface area contributed by atoms with Crippen LogP contribution in [-0.2, 0) is 4.74 Å². The highest BCUT2D eigenvalue weighted by Gasteiger charge is 2.22. The molecule has 0 radical (unpaired) electrons. The zero-order valence-electron chi connectivity index (χ0n) is 25.2. The largest absolute Gasteiger partial charge is 0.456 e. The number of pyridine rings is 1. The lowest BCUT2D eigenvalue weighted by atomic mass is 10.1. The Hall–Kier alpha value is -5.25. The Morgan fingerprint density at radius 2 is 1.77 bits per heavy atom. The minimum atomic E-state index is -0.586. The minimum absolute atomic E-state index is 0.281. The summed E-state index contributed by atoms with van der Waals surface area (Å²) < 4.78 is 7.13. The van der Waals surface area contributed by atoms with E-state index in [1.54, 1.807) is 53.3 Å². The zero-order chi connectivity index (χ0) is 30.8. The van der Waals surface area contributed by atoms with Crippen LogP contribution in [0.25, 0.3) is 16.9 Å². The molecule has 1 aliphatic heterocycles. The van der Waals surface area contributed by atoms with Gasteiger partial charge in [-0.3, -0.25) is 4.79 Å². The molecule has 1 fully saturated rings. The van der Waals surface area contributed by atoms with E-state index in [0.717, 1.165) is 29.4 Å². The summed E-state index contributed by atoms with van der Waals surface area (Å²) in [6, 6.07) is 22.3. The molecule has 6 rings (SSSR count). The highest BCUT2D eigenvalue weighted by molar-refractivity contribution is 6.05. The molecule has 224 valence electrons. The van der Waals surface area contributed by atoms with Gasteiger partial charge in [-0.1, -0.05) is 18.2 Å². The molecule has 1 aliphatic rings. The van der Waals surface area contributed by atoms with E-state index in [-0.39, 0.29) is 5.91 Å². The average Bonchev–Trinajstić information content (AvgIpc) is 3.66. The van der Waals surface area contributed by atoms with E-state index in [4.69, 9.17) is 14.8 Å². The average molecular weight is 590 g/mol. The Balaban J connectivity index is 1.22. The van der Waals surface area contributed by atoms with Gasteiger partial charge in [0.1, 0.15) is 17.2 Å². The number of rotatable bonds is 7. The first-order chi connectivity index (χ1) is 21.1. The van der Waals surface area contributed by atoms with Gasteiger partial charge >= 0.3 is 5.97 Å². The third-order valence-electron chi connectivity index (χ3n) is 7.40. The number of aromatic nitrogens is 4. The number of nitrogens with one attached hydrogen (secondary N) is 2. The molecule has 10 heteroatoms. The Morgan fingerprint density at radius 1 is 0.977 bits per heavy atom. The van der Waals surface area contributed by atoms with E-state index in [2.05, 4.69) is 27.4 Å². The van der Waals surface area contributed by atoms with Gasteiger partial charge in [-0.25, -0.2) is 19.3 Å². The molecule has 10 nitrogen and oxygen atoms in total. The Labute approximate surface area is 256 Å². The van der Waals surface area contributed by atoms with Gasteiger partial charge in [-0.05, 0) is 95.1 Å². The van der Waals surface area contributed by atoms with E-state index >= 15 is 0 Å². The number of benzene rings is 2. The number of carbonyl (C=O) groups excluding carboxylic acids is 2. The quantitative estimate of drug-likeness (QED) is 0.201. The zero-order valence-corrected chi connectivity index (χ0v) is 25.2. The van der Waals surface area contributed by atoms with E-state index in [1.165, 1.54) is 12.8 Å². The number of hydrogen-bond acceptors (Lipinski definition) is 8. The van der Waals surface area contributed by atoms with Crippen molar-refractivity contribution in [3.8, 4) is 11.3 Å². The fourth-order valence-corrected chi connectivity index (χ4v) is 5.26. The number of carbonyl (C=O) groups is 2. The first kappa shape index (κ1) is 28.9. The SMILES string of the molecule is CC1CCCN1c1cccc(Nc2cc(-c3cccc(C(=O)Nc4ccc(C(=O)OC(C)(C)C)cc4)c3)nn3ccnc23)n1. The molecule has 4 heterocycles. The van der Waals surface area contributed by atoms with Crippen molar-refractivity contribution in [1.29, 1.82) is 0 Å². The molecular formula is C34H35N7O3. The van der Waals surface area contributed by atoms with Crippen LogP contribution in [0, 0.1) is 0 Å². The van der Waals surface area contributed by atoms with Gasteiger partial charge in [-0.2, -0.15) is 5.10 Å². The monoisotopic (exact) mass is 589 g/mol. The predicted octanol–water partition coefficient (Wildman–Crippen LogP) is 6.73. The van der Waals surface area contributed by atoms with Crippen LogP contribution in [0.4, 0.5) is 23.0 Å². The number of ether oxygens (including phenoxy) is 1. The smallest absolute Gasteiger partial charge is 0.338 e. The Kier molecular flexibility index (Phi) is 7.73. The normalized spacial score (nSPS) is 14.9. The molecule has 2 aromatic carbocycles. The third kappa shape index (κ3) is 6.39. The summed E-state index contributed by atoms with van der Waals surface area (Å²) >= 11 is 0. The predicted molar refractivity (Wildman–Crippen MR) is 172 cm³/mol. The number of anilines is 4. The van der Waals surface area contributed by atoms with Crippen molar-refractivity contribution in [2.45, 2.75) is 52.2 Å². The van der Waals surface area contributed by atoms with Gasteiger partial charge in [0.05, 0.1) is 16.9 Å². The summed E-state index contributed by atoms with van der Waals surface area (Å²) in [5.41, 5.74) is 3.71. The standard InChI is InChI=1S/C34H35N7O3/c1-22-8-7-18-40(22)30-12-6-11-29(38-30)37-28-21-27(39-41-19-17-35-31(28)41)24-9-5-10-25(20-24)32(42)36-26-15-13-23(14-16-26)33(43)44-34(2,3)4/h5-6,9-17,19-22H,7-8,18H2,1-4H3,(H,36,42)(H,37,38). The minimum Gasteiger partial charge on any atom is -0.456 e. The molecule has 44 heavy (non-hydrogen) atoms. The van der Waals surface area contributed by atoms with Gasteiger partial charge in [0.15, 0.2) is 5.65 Å². The summed E-state index contributed by atoms with van der Waals surface area (Å²) in [6.45, 7) is 8.69. The maximum atomic E-state index is 13.2. The summed E-state index contributed by atoms with van der Waals surface area (Å²) in [5, 5.41) is 11.1. The lowest BCUT2D eigenvalue weighted by molar-refractivity contribution is 0.00694. The van der Waals surface area contributed by atoms with Crippen molar-refractivity contribution >= 4 is 40.5 Å². The number of esters is 1. The maximum Gasteiger partial charge on any atom is 0.338 e. The second-order valence-electron chi connectivity index (χ2n) is 11.9. The molecule has 3 aromatic heterocycles. The number of nitrogens with zero attached hydrogens (tertiary/aromatic N) is 5. The summed E-state index contributed by atoms with van der Waals surface area (Å²) in [5.74, 6) is 0.973. The van der Waals surface area contributed by atoms with E-state index < -0.39 is 11.6 Å². The fourth-order valence-electron chi connectivity index (χ4n) is 5.26. The van der Waals surface area contributed by atoms with Crippen LogP contribution in [0.15, 0.2) is 85.2 Å². The second kappa shape index (κ2) is 11.8. The summed E-state index contributed by atoms with van der Waals surface area (Å²) in [6.07, 6.45) is 5.82. The molecule has 1 atom stereocenters. The molecule has 1 amide bonds. The van der Waals surface area contributed by atoms with Gasteiger partial charge in [-0.15, -0.1) is 0 Å². The topological polar surface area (TPSA) is 114 Å². The van der Waals surface area contributed by atoms with Crippen LogP contribution in [0.1, 0.15) is 61.3 Å². The van der Waals surface area contributed by atoms with Crippen molar-refractivity contribution < 1.29 is 14.3 Å². The van der Waals surface area contributed by atoms with Crippen molar-refractivity contribution in [3.63, 3.8) is 0 Å². The molecular weight excluding hydrogens is 554 g/mol. The molecule has 1 unspecified atom stereocenters. The van der Waals surface area contributed by atoms with E-state index in [9.17, 15) is 9.59 Å². The lowest BCUT2D eigenvalue weighted by Crippen LogP contribution is -2.27. The first-order valence-corrected chi connectivity index (χ1v) is 14.7. The number of amides is 1. The van der Waals surface area contributed by atoms with Gasteiger partial charge in [0.25, 0.3) is 5.91 Å². The highest BCUT2D eigenvalue weighted by atomic mass is 16.6. The van der Waals surface area contributed by atoms with Crippen molar-refractivity contribution in [2.75, 3.05) is 22.1 Å². The van der Waals surface area contributed by atoms with Crippen molar-refractivity contribution in [3.05, 3.63) is 96.3 Å². The first-order valence-electron chi connectivity index (χ1n) is 14.7. The van der Waals surface area contributed by atoms with Crippen LogP contribution in [0.3, 0.4) is 0 Å². The van der Waals surface area contributed by atoms with Gasteiger partial charge in [0.2, 0.25) is 0 Å². The third-order valence-corrected chi connectivity index (χ3v) is 7.40. The molecule has 2 N–H and O–H groups in total. The van der Waals surface area contributed by atoms with Crippen molar-refractivity contribution in [2.24, 2.45) is 0 Å². The Morgan fingerprint density at radius 3 is 2.52 bits per heavy atom. The second-order valence-corrected chi connectivity index (χ2v) is 11.9. The van der Waals surface area contributed by atoms with E-state index in [1.807, 2.05) is 57.2 Å². The molecule has 1 saturated heterocycles. The van der Waals surface area contributed by atoms with Crippen LogP contribution in [0.2, 0.25) is 0 Å². The number of imidazole rings is 1. The molecule has 0 aliphatic carbocycles. The van der Waals surface area contributed by atoms with Crippen LogP contribution in [0.5, 0.6) is 0 Å². The maximum absolute atomic E-state index is 13.2. The number of hydrogen-bond donors (Lipinski definition) is 2. The Bertz CT molecular complexity index is 1830. The number of fused-ring (bicyclic) bond motifs is 1. The van der Waals surface area contributed by atoms with Crippen LogP contribution >= 0.6 is 0 Å². The van der Waals surface area contributed by atoms with Crippen LogP contribution in [-0.4, -0.2) is 49.6 Å². The molecule has 0 saturated carbocycles. The molecule has 0 bridgehead atoms. The lowest BCUT2D eigenvalue weighted by Gasteiger charge is -2.23. The van der Waals surface area contributed by atoms with Gasteiger partial charge < -0.3 is 20.3 Å².